The van der Waals surface area contributed by atoms with Gasteiger partial charge in [-0.1, -0.05) is 36.6 Å². The van der Waals surface area contributed by atoms with Gasteiger partial charge in [0, 0.05) is 50.2 Å². The van der Waals surface area contributed by atoms with Gasteiger partial charge in [-0.15, -0.1) is 0 Å². The first kappa shape index (κ1) is 98.3. The minimum absolute atomic E-state index is 0. The highest BCUT2D eigenvalue weighted by molar-refractivity contribution is 7.84. The Morgan fingerprint density at radius 2 is 0.894 bits per heavy atom. The van der Waals surface area contributed by atoms with Crippen molar-refractivity contribution >= 4 is 80.1 Å². The van der Waals surface area contributed by atoms with E-state index in [9.17, 15) is 128 Å². The number of carboxylic acid groups (broad SMARTS) is 3. The number of hydrogen-bond donors (Lipinski definition) is 8. The molecule has 0 aliphatic carbocycles. The van der Waals surface area contributed by atoms with Crippen LogP contribution in [0.15, 0.2) is 0 Å². The summed E-state index contributed by atoms with van der Waals surface area (Å²) in [6, 6.07) is -2.24. The Morgan fingerprint density at radius 3 is 1.19 bits per heavy atom. The number of carbonyl (C=O) groups is 3. The summed E-state index contributed by atoms with van der Waals surface area (Å²) in [7, 11) is -29.1. The molecule has 85 heavy (non-hydrogen) atoms. The number of aliphatic hydroxyl groups is 5. The molecule has 0 radical (unpaired) electrons. The normalized spacial score (nSPS) is 29.3. The molecule has 44 nitrogen and oxygen atoms in total. The lowest BCUT2D eigenvalue weighted by molar-refractivity contribution is -0.324. The molecule has 5 rings (SSSR count). The van der Waals surface area contributed by atoms with Crippen molar-refractivity contribution in [2.75, 3.05) is 52.7 Å². The maximum absolute atomic E-state index is 10.5. The Morgan fingerprint density at radius 1 is 0.506 bits per heavy atom. The minimum atomic E-state index is -4.97. The summed E-state index contributed by atoms with van der Waals surface area (Å²) in [5.41, 5.74) is 0. The first-order chi connectivity index (χ1) is 34.8. The van der Waals surface area contributed by atoms with Crippen molar-refractivity contribution in [2.45, 2.75) is 142 Å². The summed E-state index contributed by atoms with van der Waals surface area (Å²) < 4.78 is 223. The third kappa shape index (κ3) is 44.2. The number of rotatable bonds is 17. The second-order valence-corrected chi connectivity index (χ2v) is 22.7. The standard InChI is InChI=1S/C7H12O8S.2C6H13NO9S2.C6H11NO3.C6H10O8S.4CH4.4H2O/c1-3-5(8)4(15-16(11,12)13)2-14-6(3)7(9)10;2*8-6-1-4(2-16-18(12,13)14)15-3-5(6)7-17(9,10)11;8-5-1-4(6(9)10)2-7-3-5;7-3-1-4(6(8)9)13-2-5(3)14-15(10,11)12;;;;;;;;/h3-6,8H,2H2,1H3,(H,9,10)(H,11,12,13);2*4-8H,1-3H2,(H,9,10,11)(H,12,13,14);4-5,7-8H,1-3H2,(H,9,10);3-5,7H,1-2H2,(H,8,9)(H,10,11,12);4*1H4;4*1H2/p-9/t3-,4?,5+,6?;2*4?,5?,6-;4?,5-;3-,4?,5?;;;;;;;;/m01111......../s1. The molecule has 0 aromatic rings. The van der Waals surface area contributed by atoms with Crippen LogP contribution >= 0.6 is 0 Å². The summed E-state index contributed by atoms with van der Waals surface area (Å²) in [6.07, 6.45) is -13.5. The van der Waals surface area contributed by atoms with Gasteiger partial charge in [-0.2, -0.15) is 0 Å². The van der Waals surface area contributed by atoms with Gasteiger partial charge in [0.05, 0.1) is 112 Å². The van der Waals surface area contributed by atoms with Crippen LogP contribution < -0.4 is 30.1 Å². The number of carbonyl (C=O) groups excluding carboxylic acids is 3. The van der Waals surface area contributed by atoms with Crippen molar-refractivity contribution in [2.24, 2.45) is 11.8 Å². The molecule has 0 bridgehead atoms. The van der Waals surface area contributed by atoms with Gasteiger partial charge < -0.3 is 129 Å². The Hall–Kier alpha value is -2.93. The molecule has 5 heterocycles. The highest BCUT2D eigenvalue weighted by Crippen LogP contribution is 2.24. The highest BCUT2D eigenvalue weighted by Gasteiger charge is 2.39. The van der Waals surface area contributed by atoms with Crippen molar-refractivity contribution in [1.29, 1.82) is 0 Å². The molecule has 520 valence electrons. The Bertz CT molecular complexity index is 2490. The average molecular weight is 1390 g/mol. The van der Waals surface area contributed by atoms with Gasteiger partial charge in [0.15, 0.2) is 20.6 Å². The molecule has 5 aliphatic heterocycles. The summed E-state index contributed by atoms with van der Waals surface area (Å²) in [5.74, 6) is -5.58. The van der Waals surface area contributed by atoms with Crippen molar-refractivity contribution < 1.29 is 191 Å². The lowest BCUT2D eigenvalue weighted by Gasteiger charge is -2.38. The molecule has 0 amide bonds. The summed E-state index contributed by atoms with van der Waals surface area (Å²) in [4.78, 5) is 31.1. The van der Waals surface area contributed by atoms with E-state index in [1.807, 2.05) is 0 Å². The molecule has 5 saturated heterocycles. The molecule has 0 spiro atoms. The van der Waals surface area contributed by atoms with Crippen LogP contribution in [0.4, 0.5) is 0 Å². The molecular formula is C35H74N3O41S6-9. The molecule has 15 atom stereocenters. The highest BCUT2D eigenvalue weighted by atomic mass is 32.3. The van der Waals surface area contributed by atoms with Crippen molar-refractivity contribution in [3.63, 3.8) is 0 Å². The SMILES string of the molecule is C.C.C.C.C[C@@H]1C(C(=O)[O-])OCC(OS(=O)(=O)[O-])[C@@H]1O.O.O.O.O.O=C([O-])C1CNC[C@H](O)C1.O=C([O-])C1C[C@@H](O)C(OS(=O)(=O)[O-])CO1.O=S(=O)([O-])NC1COC(COS(=O)(=O)[O-])C[C@H]1O.O=S(=O)([O-])NC1COC(COS(=O)(=O)[O-])C[C@H]1O. The van der Waals surface area contributed by atoms with Gasteiger partial charge in [0.1, 0.15) is 18.3 Å². The molecule has 16 N–H and O–H groups in total. The predicted molar refractivity (Wildman–Crippen MR) is 263 cm³/mol. The molecule has 5 aliphatic rings. The van der Waals surface area contributed by atoms with Gasteiger partial charge >= 0.3 is 0 Å². The zero-order chi connectivity index (χ0) is 59.7. The van der Waals surface area contributed by atoms with Crippen LogP contribution in [-0.2, 0) is 112 Å². The molecule has 0 aromatic heterocycles. The van der Waals surface area contributed by atoms with Gasteiger partial charge in [-0.3, -0.25) is 16.7 Å². The van der Waals surface area contributed by atoms with Crippen molar-refractivity contribution in [3.05, 3.63) is 0 Å². The van der Waals surface area contributed by atoms with Crippen LogP contribution in [0.5, 0.6) is 0 Å². The summed E-state index contributed by atoms with van der Waals surface area (Å²) in [5, 5.41) is 80.6. The van der Waals surface area contributed by atoms with Crippen molar-refractivity contribution in [3.8, 4) is 0 Å². The van der Waals surface area contributed by atoms with E-state index in [2.05, 4.69) is 26.8 Å². The van der Waals surface area contributed by atoms with Crippen molar-refractivity contribution in [1.82, 2.24) is 14.8 Å². The topological polar surface area (TPSA) is 801 Å². The smallest absolute Gasteiger partial charge is 0.218 e. The quantitative estimate of drug-likeness (QED) is 0.0495. The second kappa shape index (κ2) is 42.9. The van der Waals surface area contributed by atoms with Crippen LogP contribution in [-0.4, -0.2) is 275 Å². The summed E-state index contributed by atoms with van der Waals surface area (Å²) >= 11 is 0. The van der Waals surface area contributed by atoms with E-state index in [-0.39, 0.29) is 84.1 Å². The van der Waals surface area contributed by atoms with E-state index in [4.69, 9.17) is 19.3 Å². The van der Waals surface area contributed by atoms with Crippen LogP contribution in [0.1, 0.15) is 62.3 Å². The number of nitrogens with one attached hydrogen (secondary N) is 3. The fourth-order valence-electron chi connectivity index (χ4n) is 6.60. The van der Waals surface area contributed by atoms with E-state index in [0.717, 1.165) is 0 Å². The number of β-amino-alcohol motifs (C(OH)–C–C–N with tert-alkyl or cyclic N) is 1. The number of aliphatic carboxylic acids is 3. The first-order valence-electron chi connectivity index (χ1n) is 21.0. The zero-order valence-electron chi connectivity index (χ0n) is 40.9. The van der Waals surface area contributed by atoms with Crippen LogP contribution in [0.2, 0.25) is 0 Å². The van der Waals surface area contributed by atoms with Crippen LogP contribution in [0, 0.1) is 11.8 Å². The Balaban J connectivity index is -0.000000143. The molecule has 50 heteroatoms. The minimum Gasteiger partial charge on any atom is -0.735 e. The van der Waals surface area contributed by atoms with E-state index in [1.165, 1.54) is 6.92 Å². The fourth-order valence-corrected chi connectivity index (χ4v) is 9.39. The number of piperidine rings is 1. The van der Waals surface area contributed by atoms with Gasteiger partial charge in [-0.25, -0.2) is 60.0 Å². The van der Waals surface area contributed by atoms with Gasteiger partial charge in [-0.05, 0) is 6.42 Å². The van der Waals surface area contributed by atoms with Gasteiger partial charge in [0.25, 0.3) is 0 Å². The number of aliphatic hydroxyl groups excluding tert-OH is 5. The van der Waals surface area contributed by atoms with E-state index in [1.54, 1.807) is 9.44 Å². The number of carboxylic acids is 3. The third-order valence-electron chi connectivity index (χ3n) is 10.2. The lowest BCUT2D eigenvalue weighted by atomic mass is 9.92. The van der Waals surface area contributed by atoms with Crippen LogP contribution in [0.3, 0.4) is 0 Å². The molecule has 0 saturated carbocycles. The largest absolute Gasteiger partial charge is 0.735 e. The number of ether oxygens (including phenoxy) is 4. The molecular weight excluding hydrogens is 1310 g/mol. The third-order valence-corrected chi connectivity index (χ3v) is 13.2. The van der Waals surface area contributed by atoms with E-state index < -0.39 is 198 Å². The zero-order valence-corrected chi connectivity index (χ0v) is 45.8. The number of hydrogen-bond acceptors (Lipinski definition) is 38. The molecule has 5 fully saturated rings. The van der Waals surface area contributed by atoms with Crippen LogP contribution in [0.25, 0.3) is 0 Å². The summed E-state index contributed by atoms with van der Waals surface area (Å²) in [6.45, 7) is -0.626. The van der Waals surface area contributed by atoms with E-state index in [0.29, 0.717) is 19.5 Å². The maximum atomic E-state index is 10.5. The molecule has 9 unspecified atom stereocenters. The Kier molecular flexibility index (Phi) is 49.6. The predicted octanol–water partition coefficient (Wildman–Crippen LogP) is -15.3. The average Bonchev–Trinajstić information content (AvgIpc) is 3.25. The van der Waals surface area contributed by atoms with E-state index >= 15 is 0 Å². The maximum Gasteiger partial charge on any atom is 0.218 e. The monoisotopic (exact) mass is 1380 g/mol. The molecule has 0 aromatic carbocycles. The second-order valence-electron chi connectivity index (χ2n) is 16.3. The fraction of sp³-hybridized carbons (Fsp3) is 0.914. The Labute approximate surface area is 489 Å². The lowest BCUT2D eigenvalue weighted by Crippen LogP contribution is -2.55. The first-order valence-corrected chi connectivity index (χ1v) is 29.1. The van der Waals surface area contributed by atoms with Gasteiger partial charge in [0.2, 0.25) is 41.6 Å².